The fourth-order valence-corrected chi connectivity index (χ4v) is 7.06. The van der Waals surface area contributed by atoms with Crippen LogP contribution in [0.5, 0.6) is 0 Å². The molecule has 9 aromatic rings. The first-order valence-electron chi connectivity index (χ1n) is 16.0. The van der Waals surface area contributed by atoms with Crippen molar-refractivity contribution in [3.8, 4) is 45.3 Å². The zero-order valence-electron chi connectivity index (χ0n) is 25.7. The van der Waals surface area contributed by atoms with Gasteiger partial charge in [0.2, 0.25) is 0 Å². The number of hydrogen-bond acceptors (Lipinski definition) is 5. The summed E-state index contributed by atoms with van der Waals surface area (Å²) in [4.78, 5) is 17.4. The fraction of sp³-hybridized carbons (Fsp3) is 0. The van der Waals surface area contributed by atoms with E-state index in [1.165, 1.54) is 27.6 Å². The van der Waals surface area contributed by atoms with E-state index in [1.807, 2.05) is 60.7 Å². The van der Waals surface area contributed by atoms with Gasteiger partial charge in [0.05, 0.1) is 16.9 Å². The number of benzene rings is 7. The van der Waals surface area contributed by atoms with Gasteiger partial charge in [-0.25, -0.2) is 15.0 Å². The molecular weight excluding hydrogens is 589 g/mol. The van der Waals surface area contributed by atoms with Gasteiger partial charge >= 0.3 is 0 Å². The van der Waals surface area contributed by atoms with Crippen molar-refractivity contribution in [2.24, 2.45) is 0 Å². The van der Waals surface area contributed by atoms with Crippen LogP contribution in [0.2, 0.25) is 0 Å². The minimum Gasteiger partial charge on any atom is -0.455 e. The molecule has 0 fully saturated rings. The van der Waals surface area contributed by atoms with E-state index in [9.17, 15) is 0 Å². The fourth-order valence-electron chi connectivity index (χ4n) is 7.06. The van der Waals surface area contributed by atoms with E-state index in [-0.39, 0.29) is 0 Å². The molecule has 7 aromatic carbocycles. The molecule has 5 nitrogen and oxygen atoms in total. The number of aromatic nitrogens is 3. The van der Waals surface area contributed by atoms with Gasteiger partial charge in [-0.1, -0.05) is 109 Å². The molecule has 3 heterocycles. The highest BCUT2D eigenvalue weighted by Gasteiger charge is 2.25. The molecule has 5 heteroatoms. The number of fused-ring (bicyclic) bond motifs is 5. The molecule has 2 aromatic heterocycles. The van der Waals surface area contributed by atoms with Gasteiger partial charge in [-0.2, -0.15) is 0 Å². The maximum atomic E-state index is 6.38. The van der Waals surface area contributed by atoms with Crippen molar-refractivity contribution < 1.29 is 4.42 Å². The van der Waals surface area contributed by atoms with Crippen LogP contribution in [-0.4, -0.2) is 15.0 Å². The second-order valence-corrected chi connectivity index (χ2v) is 12.0. The highest BCUT2D eigenvalue weighted by atomic mass is 16.3. The maximum Gasteiger partial charge on any atom is 0.167 e. The Bertz CT molecular complexity index is 2670. The SMILES string of the molecule is c1ccc(-c2nc(-c3ccc(N4c5ccccc5-c5cccc6cccc4c56)cc3)nc(-c3cccc4c3oc3ccccc34)n2)cc1. The van der Waals surface area contributed by atoms with Gasteiger partial charge in [-0.05, 0) is 59.5 Å². The first-order valence-corrected chi connectivity index (χ1v) is 16.0. The van der Waals surface area contributed by atoms with E-state index in [0.29, 0.717) is 17.5 Å². The van der Waals surface area contributed by atoms with Crippen molar-refractivity contribution >= 4 is 49.8 Å². The average Bonchev–Trinajstić information content (AvgIpc) is 3.55. The number of nitrogens with zero attached hydrogens (tertiary/aromatic N) is 4. The average molecular weight is 615 g/mol. The molecule has 1 aliphatic rings. The molecule has 0 atom stereocenters. The lowest BCUT2D eigenvalue weighted by Gasteiger charge is -2.33. The minimum atomic E-state index is 0.570. The molecule has 0 unspecified atom stereocenters. The molecule has 224 valence electrons. The first-order chi connectivity index (χ1) is 23.8. The molecule has 10 rings (SSSR count). The van der Waals surface area contributed by atoms with Crippen LogP contribution in [-0.2, 0) is 0 Å². The molecule has 1 aliphatic heterocycles. The summed E-state index contributed by atoms with van der Waals surface area (Å²) in [7, 11) is 0. The molecule has 0 saturated carbocycles. The van der Waals surface area contributed by atoms with Gasteiger partial charge < -0.3 is 9.32 Å². The third-order valence-electron chi connectivity index (χ3n) is 9.26. The zero-order valence-corrected chi connectivity index (χ0v) is 25.7. The predicted octanol–water partition coefficient (Wildman–Crippen LogP) is 11.4. The van der Waals surface area contributed by atoms with Crippen molar-refractivity contribution in [1.82, 2.24) is 15.0 Å². The Labute approximate surface area is 276 Å². The van der Waals surface area contributed by atoms with Crippen molar-refractivity contribution in [3.05, 3.63) is 158 Å². The van der Waals surface area contributed by atoms with Crippen LogP contribution in [0.25, 0.3) is 78.0 Å². The molecule has 0 N–H and O–H groups in total. The minimum absolute atomic E-state index is 0.570. The third kappa shape index (κ3) is 4.08. The molecule has 0 amide bonds. The van der Waals surface area contributed by atoms with Gasteiger partial charge in [-0.15, -0.1) is 0 Å². The maximum absolute atomic E-state index is 6.38. The van der Waals surface area contributed by atoms with Crippen molar-refractivity contribution in [3.63, 3.8) is 0 Å². The van der Waals surface area contributed by atoms with E-state index in [0.717, 1.165) is 50.0 Å². The highest BCUT2D eigenvalue weighted by molar-refractivity contribution is 6.14. The summed E-state index contributed by atoms with van der Waals surface area (Å²) in [5.41, 5.74) is 10.1. The smallest absolute Gasteiger partial charge is 0.167 e. The Kier molecular flexibility index (Phi) is 5.81. The zero-order chi connectivity index (χ0) is 31.6. The lowest BCUT2D eigenvalue weighted by Crippen LogP contribution is -2.14. The van der Waals surface area contributed by atoms with Crippen molar-refractivity contribution in [1.29, 1.82) is 0 Å². The van der Waals surface area contributed by atoms with E-state index in [1.54, 1.807) is 0 Å². The predicted molar refractivity (Wildman–Crippen MR) is 195 cm³/mol. The van der Waals surface area contributed by atoms with Crippen LogP contribution in [0.15, 0.2) is 162 Å². The van der Waals surface area contributed by atoms with Crippen LogP contribution in [0.4, 0.5) is 17.1 Å². The lowest BCUT2D eigenvalue weighted by molar-refractivity contribution is 0.669. The van der Waals surface area contributed by atoms with E-state index >= 15 is 0 Å². The lowest BCUT2D eigenvalue weighted by atomic mass is 9.91. The molecule has 48 heavy (non-hydrogen) atoms. The first kappa shape index (κ1) is 26.6. The van der Waals surface area contributed by atoms with Crippen LogP contribution >= 0.6 is 0 Å². The molecule has 0 bridgehead atoms. The Morgan fingerprint density at radius 2 is 1.02 bits per heavy atom. The highest BCUT2D eigenvalue weighted by Crippen LogP contribution is 2.50. The topological polar surface area (TPSA) is 55.1 Å². The Balaban J connectivity index is 1.13. The second-order valence-electron chi connectivity index (χ2n) is 12.0. The number of hydrogen-bond donors (Lipinski definition) is 0. The van der Waals surface area contributed by atoms with Crippen molar-refractivity contribution in [2.75, 3.05) is 4.90 Å². The number of anilines is 3. The van der Waals surface area contributed by atoms with Crippen LogP contribution in [0.3, 0.4) is 0 Å². The molecular formula is C43H26N4O. The Hall–Kier alpha value is -6.59. The number of para-hydroxylation sites is 3. The number of furan rings is 1. The van der Waals surface area contributed by atoms with Crippen LogP contribution in [0.1, 0.15) is 0 Å². The van der Waals surface area contributed by atoms with Crippen LogP contribution < -0.4 is 4.90 Å². The quantitative estimate of drug-likeness (QED) is 0.197. The largest absolute Gasteiger partial charge is 0.455 e. The van der Waals surface area contributed by atoms with E-state index in [2.05, 4.69) is 102 Å². The molecule has 0 spiro atoms. The number of rotatable bonds is 4. The van der Waals surface area contributed by atoms with Gasteiger partial charge in [-0.3, -0.25) is 0 Å². The van der Waals surface area contributed by atoms with Crippen molar-refractivity contribution in [2.45, 2.75) is 0 Å². The third-order valence-corrected chi connectivity index (χ3v) is 9.26. The van der Waals surface area contributed by atoms with E-state index < -0.39 is 0 Å². The van der Waals surface area contributed by atoms with Gasteiger partial charge in [0, 0.05) is 38.5 Å². The summed E-state index contributed by atoms with van der Waals surface area (Å²) in [5, 5.41) is 4.60. The van der Waals surface area contributed by atoms with Crippen LogP contribution in [0, 0.1) is 0 Å². The van der Waals surface area contributed by atoms with E-state index in [4.69, 9.17) is 19.4 Å². The van der Waals surface area contributed by atoms with Gasteiger partial charge in [0.15, 0.2) is 17.5 Å². The summed E-state index contributed by atoms with van der Waals surface area (Å²) in [6.45, 7) is 0. The summed E-state index contributed by atoms with van der Waals surface area (Å²) < 4.78 is 6.38. The molecule has 0 saturated heterocycles. The molecule has 0 aliphatic carbocycles. The van der Waals surface area contributed by atoms with Gasteiger partial charge in [0.1, 0.15) is 11.2 Å². The Morgan fingerprint density at radius 3 is 1.88 bits per heavy atom. The van der Waals surface area contributed by atoms with Gasteiger partial charge in [0.25, 0.3) is 0 Å². The molecule has 0 radical (unpaired) electrons. The Morgan fingerprint density at radius 1 is 0.417 bits per heavy atom. The standard InChI is InChI=1S/C43H26N4O/c1-2-11-28(12-3-1)41-44-42(46-43(45-41)35-19-10-18-34-32-16-5-7-22-38(32)48-40(34)35)29-23-25-30(26-24-29)47-36-20-6-4-15-31(36)33-17-8-13-27-14-9-21-37(47)39(27)33/h1-26H. The summed E-state index contributed by atoms with van der Waals surface area (Å²) in [5.74, 6) is 1.78. The second kappa shape index (κ2) is 10.5. The monoisotopic (exact) mass is 614 g/mol. The summed E-state index contributed by atoms with van der Waals surface area (Å²) >= 11 is 0. The summed E-state index contributed by atoms with van der Waals surface area (Å²) in [6, 6.07) is 54.5. The summed E-state index contributed by atoms with van der Waals surface area (Å²) in [6.07, 6.45) is 0. The normalized spacial score (nSPS) is 12.1.